The van der Waals surface area contributed by atoms with Gasteiger partial charge >= 0.3 is 0 Å². The van der Waals surface area contributed by atoms with Gasteiger partial charge in [0.2, 0.25) is 0 Å². The molecule has 2 rings (SSSR count). The maximum Gasteiger partial charge on any atom is 0.172 e. The van der Waals surface area contributed by atoms with Gasteiger partial charge in [-0.1, -0.05) is 41.4 Å². The number of carbonyl (C=O) groups is 1. The number of hydrogen-bond donors (Lipinski definition) is 0. The first-order chi connectivity index (χ1) is 8.67. The molecule has 0 atom stereocenters. The van der Waals surface area contributed by atoms with E-state index in [1.54, 1.807) is 22.9 Å². The van der Waals surface area contributed by atoms with E-state index in [9.17, 15) is 4.79 Å². The fraction of sp³-hybridized carbons (Fsp3) is 0.250. The third-order valence-corrected chi connectivity index (χ3v) is 3.39. The lowest BCUT2D eigenvalue weighted by Crippen LogP contribution is -2.07. The van der Waals surface area contributed by atoms with Gasteiger partial charge in [0.05, 0.1) is 12.2 Å². The molecule has 4 nitrogen and oxygen atoms in total. The van der Waals surface area contributed by atoms with Crippen molar-refractivity contribution in [3.05, 3.63) is 45.2 Å². The van der Waals surface area contributed by atoms with Crippen LogP contribution < -0.4 is 0 Å². The van der Waals surface area contributed by atoms with Crippen molar-refractivity contribution in [3.8, 4) is 0 Å². The standard InChI is InChI=1S/C12H11Cl2N3O/c1-2-12-11(7-18)15-16-17(12)6-8-9(13)4-3-5-10(8)14/h3-5,7H,2,6H2,1H3. The Morgan fingerprint density at radius 3 is 2.56 bits per heavy atom. The molecule has 0 amide bonds. The van der Waals surface area contributed by atoms with Crippen LogP contribution in [0.2, 0.25) is 10.0 Å². The molecule has 2 aromatic rings. The van der Waals surface area contributed by atoms with Gasteiger partial charge in [-0.3, -0.25) is 4.79 Å². The Morgan fingerprint density at radius 2 is 2.00 bits per heavy atom. The van der Waals surface area contributed by atoms with Crippen LogP contribution in [0.25, 0.3) is 0 Å². The Hall–Kier alpha value is -1.39. The third kappa shape index (κ3) is 2.40. The highest BCUT2D eigenvalue weighted by Crippen LogP contribution is 2.25. The quantitative estimate of drug-likeness (QED) is 0.811. The minimum absolute atomic E-state index is 0.362. The van der Waals surface area contributed by atoms with E-state index in [1.165, 1.54) is 0 Å². The summed E-state index contributed by atoms with van der Waals surface area (Å²) in [6.07, 6.45) is 1.37. The van der Waals surface area contributed by atoms with Gasteiger partial charge in [0.25, 0.3) is 0 Å². The van der Waals surface area contributed by atoms with Gasteiger partial charge in [0.15, 0.2) is 6.29 Å². The molecule has 18 heavy (non-hydrogen) atoms. The number of carbonyl (C=O) groups excluding carboxylic acids is 1. The van der Waals surface area contributed by atoms with E-state index in [1.807, 2.05) is 6.92 Å². The molecule has 0 N–H and O–H groups in total. The average molecular weight is 284 g/mol. The van der Waals surface area contributed by atoms with Gasteiger partial charge in [-0.25, -0.2) is 4.68 Å². The fourth-order valence-electron chi connectivity index (χ4n) is 1.76. The Kier molecular flexibility index (Phi) is 3.99. The molecule has 1 aromatic heterocycles. The second-order valence-corrected chi connectivity index (χ2v) is 4.57. The smallest absolute Gasteiger partial charge is 0.172 e. The highest BCUT2D eigenvalue weighted by molar-refractivity contribution is 6.35. The van der Waals surface area contributed by atoms with Crippen molar-refractivity contribution < 1.29 is 4.79 Å². The van der Waals surface area contributed by atoms with Crippen LogP contribution in [0, 0.1) is 0 Å². The maximum atomic E-state index is 10.8. The molecule has 94 valence electrons. The average Bonchev–Trinajstić information content (AvgIpc) is 2.75. The second-order valence-electron chi connectivity index (χ2n) is 3.75. The van der Waals surface area contributed by atoms with E-state index < -0.39 is 0 Å². The summed E-state index contributed by atoms with van der Waals surface area (Å²) in [5.74, 6) is 0. The van der Waals surface area contributed by atoms with Gasteiger partial charge < -0.3 is 0 Å². The van der Waals surface area contributed by atoms with Gasteiger partial charge in [-0.15, -0.1) is 5.10 Å². The van der Waals surface area contributed by atoms with Crippen molar-refractivity contribution in [1.29, 1.82) is 0 Å². The molecule has 0 unspecified atom stereocenters. The SMILES string of the molecule is CCc1c(C=O)nnn1Cc1c(Cl)cccc1Cl. The summed E-state index contributed by atoms with van der Waals surface area (Å²) < 4.78 is 1.65. The zero-order chi connectivity index (χ0) is 13.1. The van der Waals surface area contributed by atoms with E-state index in [0.29, 0.717) is 35.0 Å². The lowest BCUT2D eigenvalue weighted by molar-refractivity contribution is 0.111. The van der Waals surface area contributed by atoms with E-state index in [2.05, 4.69) is 10.3 Å². The van der Waals surface area contributed by atoms with Gasteiger partial charge in [-0.05, 0) is 18.6 Å². The van der Waals surface area contributed by atoms with Crippen LogP contribution in [0.5, 0.6) is 0 Å². The molecule has 0 aliphatic carbocycles. The third-order valence-electron chi connectivity index (χ3n) is 2.68. The first-order valence-electron chi connectivity index (χ1n) is 5.47. The van der Waals surface area contributed by atoms with E-state index in [-0.39, 0.29) is 0 Å². The predicted octanol–water partition coefficient (Wildman–Crippen LogP) is 3.01. The molecule has 0 saturated heterocycles. The largest absolute Gasteiger partial charge is 0.296 e. The summed E-state index contributed by atoms with van der Waals surface area (Å²) in [7, 11) is 0. The zero-order valence-electron chi connectivity index (χ0n) is 9.73. The molecule has 1 heterocycles. The fourth-order valence-corrected chi connectivity index (χ4v) is 2.28. The number of hydrogen-bond acceptors (Lipinski definition) is 3. The Labute approximate surface area is 115 Å². The first-order valence-corrected chi connectivity index (χ1v) is 6.23. The van der Waals surface area contributed by atoms with Crippen molar-refractivity contribution in [2.75, 3.05) is 0 Å². The molecule has 0 fully saturated rings. The van der Waals surface area contributed by atoms with Crippen LogP contribution in [-0.2, 0) is 13.0 Å². The molecular formula is C12H11Cl2N3O. The summed E-state index contributed by atoms with van der Waals surface area (Å²) in [4.78, 5) is 10.8. The van der Waals surface area contributed by atoms with Crippen LogP contribution in [0.1, 0.15) is 28.7 Å². The number of aromatic nitrogens is 3. The topological polar surface area (TPSA) is 47.8 Å². The number of nitrogens with zero attached hydrogens (tertiary/aromatic N) is 3. The minimum atomic E-state index is 0.362. The second kappa shape index (κ2) is 5.50. The summed E-state index contributed by atoms with van der Waals surface area (Å²) in [6.45, 7) is 2.35. The lowest BCUT2D eigenvalue weighted by atomic mass is 10.2. The Bertz CT molecular complexity index is 560. The zero-order valence-corrected chi connectivity index (χ0v) is 11.2. The summed E-state index contributed by atoms with van der Waals surface area (Å²) >= 11 is 12.2. The lowest BCUT2D eigenvalue weighted by Gasteiger charge is -2.08. The van der Waals surface area contributed by atoms with Crippen LogP contribution in [0.3, 0.4) is 0 Å². The highest BCUT2D eigenvalue weighted by Gasteiger charge is 2.13. The van der Waals surface area contributed by atoms with Gasteiger partial charge in [0.1, 0.15) is 5.69 Å². The number of aldehydes is 1. The molecule has 6 heteroatoms. The molecule has 0 radical (unpaired) electrons. The van der Waals surface area contributed by atoms with E-state index >= 15 is 0 Å². The summed E-state index contributed by atoms with van der Waals surface area (Å²) in [6, 6.07) is 5.32. The molecule has 0 aliphatic heterocycles. The van der Waals surface area contributed by atoms with Crippen LogP contribution in [-0.4, -0.2) is 21.3 Å². The van der Waals surface area contributed by atoms with Crippen molar-refractivity contribution >= 4 is 29.5 Å². The van der Waals surface area contributed by atoms with Crippen LogP contribution >= 0.6 is 23.2 Å². The Morgan fingerprint density at radius 1 is 1.33 bits per heavy atom. The highest BCUT2D eigenvalue weighted by atomic mass is 35.5. The summed E-state index contributed by atoms with van der Waals surface area (Å²) in [5, 5.41) is 8.93. The van der Waals surface area contributed by atoms with Gasteiger partial charge in [0, 0.05) is 15.6 Å². The molecule has 0 saturated carbocycles. The minimum Gasteiger partial charge on any atom is -0.296 e. The van der Waals surface area contributed by atoms with Crippen molar-refractivity contribution in [2.45, 2.75) is 19.9 Å². The monoisotopic (exact) mass is 283 g/mol. The number of halogens is 2. The van der Waals surface area contributed by atoms with Gasteiger partial charge in [-0.2, -0.15) is 0 Å². The number of rotatable bonds is 4. The van der Waals surface area contributed by atoms with Crippen molar-refractivity contribution in [2.24, 2.45) is 0 Å². The van der Waals surface area contributed by atoms with E-state index in [4.69, 9.17) is 23.2 Å². The maximum absolute atomic E-state index is 10.8. The normalized spacial score (nSPS) is 10.6. The Balaban J connectivity index is 2.40. The predicted molar refractivity (Wildman–Crippen MR) is 70.4 cm³/mol. The molecule has 0 bridgehead atoms. The summed E-state index contributed by atoms with van der Waals surface area (Å²) in [5.41, 5.74) is 1.92. The van der Waals surface area contributed by atoms with Crippen molar-refractivity contribution in [3.63, 3.8) is 0 Å². The van der Waals surface area contributed by atoms with Crippen LogP contribution in [0.15, 0.2) is 18.2 Å². The van der Waals surface area contributed by atoms with Crippen molar-refractivity contribution in [1.82, 2.24) is 15.0 Å². The molecule has 1 aromatic carbocycles. The molecule has 0 spiro atoms. The number of benzene rings is 1. The molecule has 0 aliphatic rings. The molecular weight excluding hydrogens is 273 g/mol. The first kappa shape index (κ1) is 13.1. The van der Waals surface area contributed by atoms with E-state index in [0.717, 1.165) is 11.3 Å². The van der Waals surface area contributed by atoms with Crippen LogP contribution in [0.4, 0.5) is 0 Å².